The third-order valence-electron chi connectivity index (χ3n) is 3.49. The first-order valence-electron chi connectivity index (χ1n) is 6.90. The summed E-state index contributed by atoms with van der Waals surface area (Å²) < 4.78 is 39.9. The summed E-state index contributed by atoms with van der Waals surface area (Å²) >= 11 is 0. The van der Waals surface area contributed by atoms with E-state index in [1.807, 2.05) is 20.8 Å². The van der Waals surface area contributed by atoms with E-state index in [2.05, 4.69) is 4.98 Å². The van der Waals surface area contributed by atoms with Gasteiger partial charge in [-0.2, -0.15) is 13.2 Å². The summed E-state index contributed by atoms with van der Waals surface area (Å²) in [7, 11) is 0. The van der Waals surface area contributed by atoms with Crippen LogP contribution in [-0.2, 0) is 24.1 Å². The molecule has 0 aromatic carbocycles. The maximum Gasteiger partial charge on any atom is 0.449 e. The first-order valence-corrected chi connectivity index (χ1v) is 6.90. The molecule has 0 radical (unpaired) electrons. The minimum atomic E-state index is -4.46. The number of halogens is 3. The van der Waals surface area contributed by atoms with Crippen molar-refractivity contribution in [2.75, 3.05) is 6.54 Å². The van der Waals surface area contributed by atoms with Crippen LogP contribution in [0.15, 0.2) is 0 Å². The van der Waals surface area contributed by atoms with Gasteiger partial charge in [0.25, 0.3) is 0 Å². The summed E-state index contributed by atoms with van der Waals surface area (Å²) in [5.74, 6) is -0.888. The molecule has 0 atom stereocenters. The summed E-state index contributed by atoms with van der Waals surface area (Å²) in [6, 6.07) is 0. The van der Waals surface area contributed by atoms with Crippen molar-refractivity contribution in [1.82, 2.24) is 14.5 Å². The zero-order valence-corrected chi connectivity index (χ0v) is 12.7. The molecule has 0 spiro atoms. The van der Waals surface area contributed by atoms with Crippen LogP contribution in [0.1, 0.15) is 44.4 Å². The highest BCUT2D eigenvalue weighted by atomic mass is 19.4. The third kappa shape index (κ3) is 3.39. The Morgan fingerprint density at radius 3 is 2.38 bits per heavy atom. The second kappa shape index (κ2) is 5.03. The van der Waals surface area contributed by atoms with E-state index in [1.165, 1.54) is 4.57 Å². The minimum absolute atomic E-state index is 0.0251. The molecule has 1 aromatic rings. The topological polar surface area (TPSA) is 38.1 Å². The minimum Gasteiger partial charge on any atom is -0.335 e. The number of amides is 1. The van der Waals surface area contributed by atoms with Crippen LogP contribution in [0.25, 0.3) is 0 Å². The number of imidazole rings is 1. The number of rotatable bonds is 1. The number of carbonyl (C=O) groups excluding carboxylic acids is 1. The van der Waals surface area contributed by atoms with Crippen LogP contribution in [-0.4, -0.2) is 26.9 Å². The maximum atomic E-state index is 12.9. The van der Waals surface area contributed by atoms with Crippen molar-refractivity contribution in [3.8, 4) is 0 Å². The quantitative estimate of drug-likeness (QED) is 0.800. The molecule has 118 valence electrons. The molecule has 0 unspecified atom stereocenters. The van der Waals surface area contributed by atoms with Gasteiger partial charge in [-0.1, -0.05) is 20.8 Å². The molecular formula is C14H20F3N3O. The normalized spacial score (nSPS) is 16.0. The van der Waals surface area contributed by atoms with Crippen molar-refractivity contribution >= 4 is 5.91 Å². The Balaban J connectivity index is 2.22. The fraction of sp³-hybridized carbons (Fsp3) is 0.714. The number of carbonyl (C=O) groups is 1. The summed E-state index contributed by atoms with van der Waals surface area (Å²) in [6.45, 7) is 8.08. The van der Waals surface area contributed by atoms with Crippen molar-refractivity contribution in [2.24, 2.45) is 5.41 Å². The predicted molar refractivity (Wildman–Crippen MR) is 71.5 cm³/mol. The van der Waals surface area contributed by atoms with Gasteiger partial charge in [0.15, 0.2) is 0 Å². The lowest BCUT2D eigenvalue weighted by Crippen LogP contribution is -2.40. The Hall–Kier alpha value is -1.53. The van der Waals surface area contributed by atoms with Gasteiger partial charge in [-0.25, -0.2) is 4.98 Å². The third-order valence-corrected chi connectivity index (χ3v) is 3.49. The SMILES string of the molecule is Cc1nc(C(F)(F)F)n2c1CN(C(=O)CC(C)(C)C)CC2. The molecular weight excluding hydrogens is 283 g/mol. The standard InChI is InChI=1S/C14H20F3N3O/c1-9-10-8-19(11(21)7-13(2,3)4)5-6-20(10)12(18-9)14(15,16)17/h5-8H2,1-4H3. The monoisotopic (exact) mass is 303 g/mol. The molecule has 0 saturated carbocycles. The van der Waals surface area contributed by atoms with Crippen LogP contribution in [0.3, 0.4) is 0 Å². The molecule has 0 bridgehead atoms. The molecule has 1 aliphatic heterocycles. The molecule has 0 N–H and O–H groups in total. The van der Waals surface area contributed by atoms with Crippen LogP contribution in [0.4, 0.5) is 13.2 Å². The lowest BCUT2D eigenvalue weighted by atomic mass is 9.91. The molecule has 2 rings (SSSR count). The van der Waals surface area contributed by atoms with Gasteiger partial charge < -0.3 is 9.47 Å². The number of alkyl halides is 3. The molecule has 0 fully saturated rings. The second-order valence-corrected chi connectivity index (χ2v) is 6.67. The molecule has 21 heavy (non-hydrogen) atoms. The van der Waals surface area contributed by atoms with Crippen LogP contribution in [0.5, 0.6) is 0 Å². The second-order valence-electron chi connectivity index (χ2n) is 6.67. The van der Waals surface area contributed by atoms with Crippen molar-refractivity contribution in [3.63, 3.8) is 0 Å². The summed E-state index contributed by atoms with van der Waals surface area (Å²) in [6.07, 6.45) is -4.08. The van der Waals surface area contributed by atoms with E-state index in [9.17, 15) is 18.0 Å². The predicted octanol–water partition coefficient (Wildman–Crippen LogP) is 2.99. The van der Waals surface area contributed by atoms with Crippen LogP contribution in [0, 0.1) is 12.3 Å². The molecule has 4 nitrogen and oxygen atoms in total. The highest BCUT2D eigenvalue weighted by Gasteiger charge is 2.40. The van der Waals surface area contributed by atoms with Gasteiger partial charge in [-0.15, -0.1) is 0 Å². The van der Waals surface area contributed by atoms with Crippen molar-refractivity contribution in [3.05, 3.63) is 17.2 Å². The largest absolute Gasteiger partial charge is 0.449 e. The summed E-state index contributed by atoms with van der Waals surface area (Å²) in [4.78, 5) is 17.5. The molecule has 1 aliphatic rings. The smallest absolute Gasteiger partial charge is 0.335 e. The van der Waals surface area contributed by atoms with E-state index in [4.69, 9.17) is 0 Å². The lowest BCUT2D eigenvalue weighted by molar-refractivity contribution is -0.148. The number of aromatic nitrogens is 2. The summed E-state index contributed by atoms with van der Waals surface area (Å²) in [5, 5.41) is 0. The summed E-state index contributed by atoms with van der Waals surface area (Å²) in [5.41, 5.74) is 0.687. The van der Waals surface area contributed by atoms with Crippen LogP contribution >= 0.6 is 0 Å². The van der Waals surface area contributed by atoms with Gasteiger partial charge in [0.2, 0.25) is 11.7 Å². The van der Waals surface area contributed by atoms with E-state index < -0.39 is 12.0 Å². The molecule has 7 heteroatoms. The fourth-order valence-corrected chi connectivity index (χ4v) is 2.52. The van der Waals surface area contributed by atoms with Gasteiger partial charge in [0.05, 0.1) is 17.9 Å². The van der Waals surface area contributed by atoms with Crippen molar-refractivity contribution < 1.29 is 18.0 Å². The first-order chi connectivity index (χ1) is 9.49. The average molecular weight is 303 g/mol. The Bertz CT molecular complexity index is 555. The molecule has 1 aromatic heterocycles. The van der Waals surface area contributed by atoms with Crippen LogP contribution < -0.4 is 0 Å². The van der Waals surface area contributed by atoms with Gasteiger partial charge in [0, 0.05) is 19.5 Å². The number of nitrogens with zero attached hydrogens (tertiary/aromatic N) is 3. The maximum absolute atomic E-state index is 12.9. The lowest BCUT2D eigenvalue weighted by Gasteiger charge is -2.31. The molecule has 0 aliphatic carbocycles. The Morgan fingerprint density at radius 1 is 1.24 bits per heavy atom. The Labute approximate surface area is 121 Å². The highest BCUT2D eigenvalue weighted by molar-refractivity contribution is 5.77. The fourth-order valence-electron chi connectivity index (χ4n) is 2.52. The Kier molecular flexibility index (Phi) is 3.80. The van der Waals surface area contributed by atoms with E-state index in [-0.39, 0.29) is 24.4 Å². The van der Waals surface area contributed by atoms with E-state index >= 15 is 0 Å². The molecule has 1 amide bonds. The number of hydrogen-bond acceptors (Lipinski definition) is 2. The van der Waals surface area contributed by atoms with Gasteiger partial charge in [-0.05, 0) is 12.3 Å². The number of fused-ring (bicyclic) bond motifs is 1. The van der Waals surface area contributed by atoms with Crippen molar-refractivity contribution in [1.29, 1.82) is 0 Å². The zero-order chi connectivity index (χ0) is 16.0. The first kappa shape index (κ1) is 15.9. The van der Waals surface area contributed by atoms with E-state index in [1.54, 1.807) is 11.8 Å². The number of aryl methyl sites for hydroxylation is 1. The highest BCUT2D eigenvalue weighted by Crippen LogP contribution is 2.32. The van der Waals surface area contributed by atoms with Crippen LogP contribution in [0.2, 0.25) is 0 Å². The zero-order valence-electron chi connectivity index (χ0n) is 12.7. The van der Waals surface area contributed by atoms with Crippen molar-refractivity contribution in [2.45, 2.75) is 53.4 Å². The Morgan fingerprint density at radius 2 is 1.86 bits per heavy atom. The van der Waals surface area contributed by atoms with E-state index in [0.717, 1.165) is 0 Å². The van der Waals surface area contributed by atoms with Gasteiger partial charge >= 0.3 is 6.18 Å². The van der Waals surface area contributed by atoms with Gasteiger partial charge in [0.1, 0.15) is 0 Å². The molecule has 2 heterocycles. The van der Waals surface area contributed by atoms with Gasteiger partial charge in [-0.3, -0.25) is 4.79 Å². The van der Waals surface area contributed by atoms with E-state index in [0.29, 0.717) is 24.4 Å². The molecule has 0 saturated heterocycles. The number of hydrogen-bond donors (Lipinski definition) is 0. The average Bonchev–Trinajstić information content (AvgIpc) is 2.64.